The lowest BCUT2D eigenvalue weighted by atomic mass is 10.1. The first-order valence-electron chi connectivity index (χ1n) is 10.6. The van der Waals surface area contributed by atoms with Gasteiger partial charge in [0.25, 0.3) is 11.8 Å². The number of unbranched alkanes of at least 4 members (excludes halogenated alkanes) is 3. The second-order valence-corrected chi connectivity index (χ2v) is 8.04. The first-order valence-corrected chi connectivity index (χ1v) is 10.6. The van der Waals surface area contributed by atoms with E-state index in [1.54, 1.807) is 18.2 Å². The highest BCUT2D eigenvalue weighted by Gasteiger charge is 2.37. The van der Waals surface area contributed by atoms with E-state index in [1.807, 2.05) is 32.9 Å². The van der Waals surface area contributed by atoms with Crippen LogP contribution in [0.25, 0.3) is 0 Å². The summed E-state index contributed by atoms with van der Waals surface area (Å²) >= 11 is 0. The molecule has 0 bridgehead atoms. The molecule has 2 amide bonds. The molecule has 1 aliphatic rings. The number of rotatable bonds is 8. The molecule has 0 aliphatic carbocycles. The number of fused-ring (bicyclic) bond motifs is 1. The second-order valence-electron chi connectivity index (χ2n) is 8.04. The van der Waals surface area contributed by atoms with E-state index in [2.05, 4.69) is 6.92 Å². The summed E-state index contributed by atoms with van der Waals surface area (Å²) in [6.07, 6.45) is 5.11. The molecule has 2 aromatic carbocycles. The number of aryl methyl sites for hydroxylation is 2. The Morgan fingerprint density at radius 3 is 2.37 bits per heavy atom. The standard InChI is InChI=1S/C25H29NO4/c1-5-6-7-8-9-18(4)30-25(29)19-11-13-21-22(15-19)24(28)26(23(21)27)20-12-10-16(2)17(3)14-20/h10-15,18H,5-9H2,1-4H3/t18-/m0/s1. The number of hydrogen-bond acceptors (Lipinski definition) is 4. The summed E-state index contributed by atoms with van der Waals surface area (Å²) in [5.41, 5.74) is 3.46. The molecule has 1 heterocycles. The van der Waals surface area contributed by atoms with Crippen molar-refractivity contribution in [2.45, 2.75) is 65.9 Å². The van der Waals surface area contributed by atoms with Crippen molar-refractivity contribution in [2.75, 3.05) is 4.90 Å². The maximum Gasteiger partial charge on any atom is 0.338 e. The van der Waals surface area contributed by atoms with Gasteiger partial charge in [-0.25, -0.2) is 9.69 Å². The molecule has 0 fully saturated rings. The molecule has 5 nitrogen and oxygen atoms in total. The van der Waals surface area contributed by atoms with Gasteiger partial charge in [0.05, 0.1) is 28.5 Å². The highest BCUT2D eigenvalue weighted by atomic mass is 16.5. The van der Waals surface area contributed by atoms with Gasteiger partial charge in [-0.05, 0) is 75.1 Å². The zero-order valence-corrected chi connectivity index (χ0v) is 18.2. The Bertz CT molecular complexity index is 979. The van der Waals surface area contributed by atoms with E-state index in [0.29, 0.717) is 11.3 Å². The minimum absolute atomic E-state index is 0.188. The lowest BCUT2D eigenvalue weighted by molar-refractivity contribution is 0.0319. The normalized spacial score (nSPS) is 14.1. The van der Waals surface area contributed by atoms with Gasteiger partial charge in [0.2, 0.25) is 0 Å². The highest BCUT2D eigenvalue weighted by Crippen LogP contribution is 2.30. The molecule has 1 aliphatic heterocycles. The molecular weight excluding hydrogens is 378 g/mol. The van der Waals surface area contributed by atoms with Crippen LogP contribution in [0.1, 0.15) is 88.2 Å². The predicted octanol–water partition coefficient (Wildman–Crippen LogP) is 5.62. The SMILES string of the molecule is CCCCCC[C@H](C)OC(=O)c1ccc2c(c1)C(=O)N(c1ccc(C)c(C)c1)C2=O. The van der Waals surface area contributed by atoms with Gasteiger partial charge in [-0.15, -0.1) is 0 Å². The molecule has 0 spiro atoms. The number of imide groups is 1. The smallest absolute Gasteiger partial charge is 0.338 e. The fourth-order valence-electron chi connectivity index (χ4n) is 3.64. The molecule has 3 rings (SSSR count). The Balaban J connectivity index is 1.75. The maximum absolute atomic E-state index is 13.0. The third kappa shape index (κ3) is 4.45. The van der Waals surface area contributed by atoms with E-state index in [1.165, 1.54) is 17.4 Å². The summed E-state index contributed by atoms with van der Waals surface area (Å²) in [6, 6.07) is 10.0. The van der Waals surface area contributed by atoms with Crippen molar-refractivity contribution >= 4 is 23.5 Å². The third-order valence-corrected chi connectivity index (χ3v) is 5.64. The van der Waals surface area contributed by atoms with E-state index < -0.39 is 11.9 Å². The molecule has 0 saturated carbocycles. The Kier molecular flexibility index (Phi) is 6.70. The summed E-state index contributed by atoms with van der Waals surface area (Å²) in [6.45, 7) is 7.95. The van der Waals surface area contributed by atoms with Gasteiger partial charge >= 0.3 is 5.97 Å². The zero-order chi connectivity index (χ0) is 21.8. The summed E-state index contributed by atoms with van der Waals surface area (Å²) in [7, 11) is 0. The van der Waals surface area contributed by atoms with E-state index in [-0.39, 0.29) is 23.1 Å². The number of anilines is 1. The fraction of sp³-hybridized carbons (Fsp3) is 0.400. The van der Waals surface area contributed by atoms with Crippen LogP contribution in [0.5, 0.6) is 0 Å². The molecular formula is C25H29NO4. The second kappa shape index (κ2) is 9.24. The average molecular weight is 408 g/mol. The molecule has 0 saturated heterocycles. The fourth-order valence-corrected chi connectivity index (χ4v) is 3.64. The van der Waals surface area contributed by atoms with Gasteiger partial charge in [0.15, 0.2) is 0 Å². The van der Waals surface area contributed by atoms with Crippen LogP contribution in [0.2, 0.25) is 0 Å². The molecule has 0 unspecified atom stereocenters. The van der Waals surface area contributed by atoms with Crippen LogP contribution < -0.4 is 4.90 Å². The highest BCUT2D eigenvalue weighted by molar-refractivity contribution is 6.34. The minimum atomic E-state index is -0.467. The van der Waals surface area contributed by atoms with Gasteiger partial charge in [0.1, 0.15) is 0 Å². The largest absolute Gasteiger partial charge is 0.459 e. The van der Waals surface area contributed by atoms with E-state index in [0.717, 1.165) is 36.8 Å². The van der Waals surface area contributed by atoms with E-state index in [4.69, 9.17) is 4.74 Å². The van der Waals surface area contributed by atoms with Gasteiger partial charge < -0.3 is 4.74 Å². The van der Waals surface area contributed by atoms with Crippen molar-refractivity contribution in [3.8, 4) is 0 Å². The quantitative estimate of drug-likeness (QED) is 0.324. The monoisotopic (exact) mass is 407 g/mol. The van der Waals surface area contributed by atoms with Crippen LogP contribution in [0.3, 0.4) is 0 Å². The lowest BCUT2D eigenvalue weighted by Crippen LogP contribution is -2.29. The molecule has 30 heavy (non-hydrogen) atoms. The molecule has 1 atom stereocenters. The number of carbonyl (C=O) groups excluding carboxylic acids is 3. The van der Waals surface area contributed by atoms with Crippen molar-refractivity contribution in [3.05, 3.63) is 64.2 Å². The molecule has 5 heteroatoms. The van der Waals surface area contributed by atoms with E-state index >= 15 is 0 Å². The number of ether oxygens (including phenoxy) is 1. The number of benzene rings is 2. The number of nitrogens with zero attached hydrogens (tertiary/aromatic N) is 1. The summed E-state index contributed by atoms with van der Waals surface area (Å²) in [5.74, 6) is -1.26. The van der Waals surface area contributed by atoms with Crippen LogP contribution in [-0.2, 0) is 4.74 Å². The first-order chi connectivity index (χ1) is 14.3. The zero-order valence-electron chi connectivity index (χ0n) is 18.2. The average Bonchev–Trinajstić information content (AvgIpc) is 2.97. The minimum Gasteiger partial charge on any atom is -0.459 e. The van der Waals surface area contributed by atoms with Crippen LogP contribution in [0.4, 0.5) is 5.69 Å². The van der Waals surface area contributed by atoms with Crippen LogP contribution >= 0.6 is 0 Å². The Hall–Kier alpha value is -2.95. The molecule has 0 aromatic heterocycles. The summed E-state index contributed by atoms with van der Waals surface area (Å²) < 4.78 is 5.53. The van der Waals surface area contributed by atoms with Crippen LogP contribution in [-0.4, -0.2) is 23.9 Å². The number of amides is 2. The lowest BCUT2D eigenvalue weighted by Gasteiger charge is -2.15. The van der Waals surface area contributed by atoms with Crippen molar-refractivity contribution in [2.24, 2.45) is 0 Å². The molecule has 158 valence electrons. The Labute approximate surface area is 178 Å². The number of hydrogen-bond donors (Lipinski definition) is 0. The Morgan fingerprint density at radius 1 is 0.933 bits per heavy atom. The molecule has 0 N–H and O–H groups in total. The van der Waals surface area contributed by atoms with Crippen molar-refractivity contribution in [3.63, 3.8) is 0 Å². The first kappa shape index (κ1) is 21.8. The summed E-state index contributed by atoms with van der Waals surface area (Å²) in [5, 5.41) is 0. The Morgan fingerprint density at radius 2 is 1.67 bits per heavy atom. The van der Waals surface area contributed by atoms with Crippen molar-refractivity contribution in [1.29, 1.82) is 0 Å². The van der Waals surface area contributed by atoms with Crippen molar-refractivity contribution in [1.82, 2.24) is 0 Å². The molecule has 0 radical (unpaired) electrons. The third-order valence-electron chi connectivity index (χ3n) is 5.64. The predicted molar refractivity (Wildman–Crippen MR) is 117 cm³/mol. The molecule has 2 aromatic rings. The van der Waals surface area contributed by atoms with Gasteiger partial charge in [-0.2, -0.15) is 0 Å². The van der Waals surface area contributed by atoms with Gasteiger partial charge in [0, 0.05) is 0 Å². The topological polar surface area (TPSA) is 63.7 Å². The van der Waals surface area contributed by atoms with Gasteiger partial charge in [-0.3, -0.25) is 9.59 Å². The van der Waals surface area contributed by atoms with E-state index in [9.17, 15) is 14.4 Å². The van der Waals surface area contributed by atoms with Crippen LogP contribution in [0, 0.1) is 13.8 Å². The number of esters is 1. The van der Waals surface area contributed by atoms with Crippen molar-refractivity contribution < 1.29 is 19.1 Å². The van der Waals surface area contributed by atoms with Crippen LogP contribution in [0.15, 0.2) is 36.4 Å². The van der Waals surface area contributed by atoms with Gasteiger partial charge in [-0.1, -0.05) is 32.3 Å². The maximum atomic E-state index is 13.0. The number of carbonyl (C=O) groups is 3. The summed E-state index contributed by atoms with van der Waals surface area (Å²) in [4.78, 5) is 39.5.